The van der Waals surface area contributed by atoms with Gasteiger partial charge in [-0.05, 0) is 11.4 Å². The number of carboxylic acids is 1. The van der Waals surface area contributed by atoms with Crippen LogP contribution >= 0.6 is 11.3 Å². The minimum absolute atomic E-state index is 0.294. The first-order chi connectivity index (χ1) is 8.59. The molecule has 2 amide bonds. The zero-order chi connectivity index (χ0) is 13.1. The van der Waals surface area contributed by atoms with Gasteiger partial charge in [-0.15, -0.1) is 0 Å². The van der Waals surface area contributed by atoms with E-state index in [1.54, 1.807) is 16.8 Å². The standard InChI is InChI=1S/C11H12N2O4S/c14-9(15)5-8-10(16)12-2-3-13(8)11(17)7-1-4-18-6-7/h1,4,6,8H,2-3,5H2,(H,12,16)(H,14,15). The molecule has 0 radical (unpaired) electrons. The van der Waals surface area contributed by atoms with Gasteiger partial charge in [0.05, 0.1) is 12.0 Å². The number of piperazine rings is 1. The van der Waals surface area contributed by atoms with Crippen molar-refractivity contribution in [2.24, 2.45) is 0 Å². The van der Waals surface area contributed by atoms with Gasteiger partial charge in [-0.1, -0.05) is 0 Å². The van der Waals surface area contributed by atoms with E-state index in [1.807, 2.05) is 0 Å². The molecular formula is C11H12N2O4S. The van der Waals surface area contributed by atoms with Crippen molar-refractivity contribution in [2.75, 3.05) is 13.1 Å². The fourth-order valence-electron chi connectivity index (χ4n) is 1.88. The summed E-state index contributed by atoms with van der Waals surface area (Å²) in [6, 6.07) is 0.737. The van der Waals surface area contributed by atoms with Crippen LogP contribution in [0.2, 0.25) is 0 Å². The van der Waals surface area contributed by atoms with Crippen molar-refractivity contribution in [2.45, 2.75) is 12.5 Å². The Morgan fingerprint density at radius 1 is 1.56 bits per heavy atom. The fourth-order valence-corrected chi connectivity index (χ4v) is 2.51. The second-order valence-electron chi connectivity index (χ2n) is 3.92. The molecule has 0 saturated carbocycles. The number of carbonyl (C=O) groups is 3. The van der Waals surface area contributed by atoms with Crippen LogP contribution in [0.15, 0.2) is 16.8 Å². The highest BCUT2D eigenvalue weighted by Crippen LogP contribution is 2.15. The van der Waals surface area contributed by atoms with E-state index >= 15 is 0 Å². The van der Waals surface area contributed by atoms with E-state index in [1.165, 1.54) is 16.2 Å². The lowest BCUT2D eigenvalue weighted by molar-refractivity contribution is -0.142. The Hall–Kier alpha value is -1.89. The number of amides is 2. The van der Waals surface area contributed by atoms with Crippen LogP contribution in [0, 0.1) is 0 Å². The van der Waals surface area contributed by atoms with E-state index in [2.05, 4.69) is 5.32 Å². The number of hydrogen-bond acceptors (Lipinski definition) is 4. The summed E-state index contributed by atoms with van der Waals surface area (Å²) in [6.07, 6.45) is -0.373. The molecule has 1 aromatic heterocycles. The molecule has 96 valence electrons. The molecule has 6 nitrogen and oxygen atoms in total. The van der Waals surface area contributed by atoms with Gasteiger partial charge in [0, 0.05) is 18.5 Å². The maximum atomic E-state index is 12.2. The minimum atomic E-state index is -1.10. The molecule has 18 heavy (non-hydrogen) atoms. The number of thiophene rings is 1. The Morgan fingerprint density at radius 2 is 2.33 bits per heavy atom. The summed E-state index contributed by atoms with van der Waals surface area (Å²) in [5, 5.41) is 14.8. The number of rotatable bonds is 3. The van der Waals surface area contributed by atoms with Crippen molar-refractivity contribution in [1.29, 1.82) is 0 Å². The Balaban J connectivity index is 2.20. The maximum absolute atomic E-state index is 12.2. The molecule has 0 spiro atoms. The number of carbonyl (C=O) groups excluding carboxylic acids is 2. The first kappa shape index (κ1) is 12.6. The average Bonchev–Trinajstić information content (AvgIpc) is 2.84. The summed E-state index contributed by atoms with van der Waals surface area (Å²) in [6.45, 7) is 0.684. The highest BCUT2D eigenvalue weighted by Gasteiger charge is 2.35. The van der Waals surface area contributed by atoms with Gasteiger partial charge in [0.15, 0.2) is 0 Å². The molecule has 7 heteroatoms. The van der Waals surface area contributed by atoms with Gasteiger partial charge in [0.1, 0.15) is 6.04 Å². The lowest BCUT2D eigenvalue weighted by Crippen LogP contribution is -2.57. The predicted molar refractivity (Wildman–Crippen MR) is 64.4 cm³/mol. The van der Waals surface area contributed by atoms with E-state index in [4.69, 9.17) is 5.11 Å². The molecule has 1 unspecified atom stereocenters. The quantitative estimate of drug-likeness (QED) is 0.817. The normalized spacial score (nSPS) is 19.4. The molecule has 0 aliphatic carbocycles. The average molecular weight is 268 g/mol. The van der Waals surface area contributed by atoms with Crippen LogP contribution in [0.5, 0.6) is 0 Å². The topological polar surface area (TPSA) is 86.7 Å². The summed E-state index contributed by atoms with van der Waals surface area (Å²) >= 11 is 1.38. The number of nitrogens with zero attached hydrogens (tertiary/aromatic N) is 1. The van der Waals surface area contributed by atoms with Crippen LogP contribution in [-0.4, -0.2) is 46.9 Å². The molecule has 1 aromatic rings. The molecule has 2 N–H and O–H groups in total. The van der Waals surface area contributed by atoms with Gasteiger partial charge < -0.3 is 15.3 Å². The Morgan fingerprint density at radius 3 is 2.94 bits per heavy atom. The van der Waals surface area contributed by atoms with Crippen molar-refractivity contribution < 1.29 is 19.5 Å². The van der Waals surface area contributed by atoms with Crippen molar-refractivity contribution in [3.63, 3.8) is 0 Å². The summed E-state index contributed by atoms with van der Waals surface area (Å²) < 4.78 is 0. The highest BCUT2D eigenvalue weighted by atomic mass is 32.1. The van der Waals surface area contributed by atoms with Gasteiger partial charge in [-0.3, -0.25) is 14.4 Å². The number of aliphatic carboxylic acids is 1. The van der Waals surface area contributed by atoms with E-state index in [0.29, 0.717) is 18.7 Å². The number of hydrogen-bond donors (Lipinski definition) is 2. The molecule has 2 heterocycles. The van der Waals surface area contributed by atoms with Crippen LogP contribution < -0.4 is 5.32 Å². The Kier molecular flexibility index (Phi) is 3.61. The van der Waals surface area contributed by atoms with Crippen LogP contribution in [0.3, 0.4) is 0 Å². The summed E-state index contributed by atoms with van der Waals surface area (Å²) in [5.41, 5.74) is 0.491. The van der Waals surface area contributed by atoms with Gasteiger partial charge in [-0.25, -0.2) is 0 Å². The van der Waals surface area contributed by atoms with E-state index in [0.717, 1.165) is 0 Å². The first-order valence-electron chi connectivity index (χ1n) is 5.42. The van der Waals surface area contributed by atoms with Crippen molar-refractivity contribution >= 4 is 29.1 Å². The zero-order valence-corrected chi connectivity index (χ0v) is 10.3. The molecule has 1 fully saturated rings. The number of nitrogens with one attached hydrogen (secondary N) is 1. The van der Waals surface area contributed by atoms with E-state index in [9.17, 15) is 14.4 Å². The molecule has 1 saturated heterocycles. The largest absolute Gasteiger partial charge is 0.481 e. The third-order valence-electron chi connectivity index (χ3n) is 2.73. The van der Waals surface area contributed by atoms with Crippen molar-refractivity contribution in [3.05, 3.63) is 22.4 Å². The second kappa shape index (κ2) is 5.18. The van der Waals surface area contributed by atoms with Gasteiger partial charge >= 0.3 is 5.97 Å². The molecule has 2 rings (SSSR count). The summed E-state index contributed by atoms with van der Waals surface area (Å²) in [4.78, 5) is 35.9. The van der Waals surface area contributed by atoms with Crippen LogP contribution in [-0.2, 0) is 9.59 Å². The lowest BCUT2D eigenvalue weighted by Gasteiger charge is -2.34. The predicted octanol–water partition coefficient (Wildman–Crippen LogP) is 0.163. The summed E-state index contributed by atoms with van der Waals surface area (Å²) in [5.74, 6) is -1.80. The third-order valence-corrected chi connectivity index (χ3v) is 3.41. The third kappa shape index (κ3) is 2.51. The van der Waals surface area contributed by atoms with E-state index < -0.39 is 17.9 Å². The first-order valence-corrected chi connectivity index (χ1v) is 6.36. The van der Waals surface area contributed by atoms with Crippen LogP contribution in [0.4, 0.5) is 0 Å². The summed E-state index contributed by atoms with van der Waals surface area (Å²) in [7, 11) is 0. The van der Waals surface area contributed by atoms with Crippen LogP contribution in [0.1, 0.15) is 16.8 Å². The minimum Gasteiger partial charge on any atom is -0.481 e. The molecular weight excluding hydrogens is 256 g/mol. The highest BCUT2D eigenvalue weighted by molar-refractivity contribution is 7.08. The molecule has 0 bridgehead atoms. The van der Waals surface area contributed by atoms with Crippen molar-refractivity contribution in [1.82, 2.24) is 10.2 Å². The van der Waals surface area contributed by atoms with Gasteiger partial charge in [0.2, 0.25) is 5.91 Å². The molecule has 1 aliphatic rings. The molecule has 1 aliphatic heterocycles. The SMILES string of the molecule is O=C(O)CC1C(=O)NCCN1C(=O)c1ccsc1. The smallest absolute Gasteiger partial charge is 0.305 e. The van der Waals surface area contributed by atoms with Gasteiger partial charge in [0.25, 0.3) is 5.91 Å². The maximum Gasteiger partial charge on any atom is 0.305 e. The molecule has 0 aromatic carbocycles. The second-order valence-corrected chi connectivity index (χ2v) is 4.70. The monoisotopic (exact) mass is 268 g/mol. The number of carboxylic acid groups (broad SMARTS) is 1. The zero-order valence-electron chi connectivity index (χ0n) is 9.46. The van der Waals surface area contributed by atoms with E-state index in [-0.39, 0.29) is 12.3 Å². The Labute approximate surface area is 107 Å². The Bertz CT molecular complexity index is 471. The lowest BCUT2D eigenvalue weighted by atomic mass is 10.1. The molecule has 1 atom stereocenters. The van der Waals surface area contributed by atoms with Crippen LogP contribution in [0.25, 0.3) is 0 Å². The fraction of sp³-hybridized carbons (Fsp3) is 0.364. The van der Waals surface area contributed by atoms with Crippen molar-refractivity contribution in [3.8, 4) is 0 Å². The van der Waals surface area contributed by atoms with Gasteiger partial charge in [-0.2, -0.15) is 11.3 Å².